The molecule has 1 nitrogen and oxygen atoms in total. The summed E-state index contributed by atoms with van der Waals surface area (Å²) in [5.41, 5.74) is 0.957. The van der Waals surface area contributed by atoms with E-state index < -0.39 is 0 Å². The molecule has 4 heteroatoms. The van der Waals surface area contributed by atoms with Gasteiger partial charge < -0.3 is 5.32 Å². The van der Waals surface area contributed by atoms with E-state index in [1.165, 1.54) is 32.4 Å². The van der Waals surface area contributed by atoms with Crippen LogP contribution in [0.4, 0.5) is 0 Å². The molecule has 106 valence electrons. The van der Waals surface area contributed by atoms with E-state index in [9.17, 15) is 0 Å². The zero-order valence-corrected chi connectivity index (χ0v) is 15.7. The number of halogens is 2. The van der Waals surface area contributed by atoms with Gasteiger partial charge in [-0.05, 0) is 73.9 Å². The summed E-state index contributed by atoms with van der Waals surface area (Å²) in [5.74, 6) is 0.914. The first-order valence-corrected chi connectivity index (χ1v) is 9.40. The Morgan fingerprint density at radius 3 is 2.63 bits per heavy atom. The van der Waals surface area contributed by atoms with Crippen molar-refractivity contribution < 1.29 is 0 Å². The van der Waals surface area contributed by atoms with Crippen molar-refractivity contribution in [3.63, 3.8) is 0 Å². The summed E-state index contributed by atoms with van der Waals surface area (Å²) in [6.07, 6.45) is 4.24. The molecule has 0 radical (unpaired) electrons. The van der Waals surface area contributed by atoms with E-state index >= 15 is 0 Å². The van der Waals surface area contributed by atoms with Crippen LogP contribution in [-0.2, 0) is 6.54 Å². The molecular formula is C15H21Br2NS. The van der Waals surface area contributed by atoms with Gasteiger partial charge in [-0.15, -0.1) is 11.3 Å². The second-order valence-corrected chi connectivity index (χ2v) is 10.4. The van der Waals surface area contributed by atoms with Crippen molar-refractivity contribution in [1.82, 2.24) is 5.32 Å². The monoisotopic (exact) mass is 405 g/mol. The van der Waals surface area contributed by atoms with Crippen molar-refractivity contribution in [2.75, 3.05) is 0 Å². The highest BCUT2D eigenvalue weighted by Crippen LogP contribution is 2.62. The summed E-state index contributed by atoms with van der Waals surface area (Å²) in [6.45, 7) is 8.39. The fourth-order valence-corrected chi connectivity index (χ4v) is 6.62. The lowest BCUT2D eigenvalue weighted by Gasteiger charge is -2.43. The summed E-state index contributed by atoms with van der Waals surface area (Å²) >= 11 is 8.97. The van der Waals surface area contributed by atoms with Crippen LogP contribution >= 0.6 is 43.2 Å². The van der Waals surface area contributed by atoms with Crippen LogP contribution in [0.3, 0.4) is 0 Å². The fourth-order valence-electron chi connectivity index (χ4n) is 4.49. The van der Waals surface area contributed by atoms with Gasteiger partial charge in [0.15, 0.2) is 0 Å². The van der Waals surface area contributed by atoms with Crippen molar-refractivity contribution in [1.29, 1.82) is 0 Å². The number of nitrogens with one attached hydrogen (secondary N) is 1. The molecule has 0 saturated heterocycles. The first-order valence-electron chi connectivity index (χ1n) is 7.00. The van der Waals surface area contributed by atoms with E-state index in [1.807, 2.05) is 11.3 Å². The van der Waals surface area contributed by atoms with Crippen LogP contribution in [0, 0.1) is 16.7 Å². The van der Waals surface area contributed by atoms with Gasteiger partial charge in [-0.1, -0.05) is 20.8 Å². The number of hydrogen-bond donors (Lipinski definition) is 1. The topological polar surface area (TPSA) is 12.0 Å². The summed E-state index contributed by atoms with van der Waals surface area (Å²) in [7, 11) is 0. The van der Waals surface area contributed by atoms with E-state index in [-0.39, 0.29) is 0 Å². The van der Waals surface area contributed by atoms with Crippen LogP contribution in [0.25, 0.3) is 0 Å². The Kier molecular flexibility index (Phi) is 3.69. The van der Waals surface area contributed by atoms with Gasteiger partial charge in [0.25, 0.3) is 0 Å². The average Bonchev–Trinajstić information content (AvgIpc) is 2.89. The first-order chi connectivity index (χ1) is 8.83. The maximum atomic E-state index is 3.87. The van der Waals surface area contributed by atoms with E-state index in [0.29, 0.717) is 16.9 Å². The van der Waals surface area contributed by atoms with Crippen molar-refractivity contribution in [3.05, 3.63) is 19.2 Å². The summed E-state index contributed by atoms with van der Waals surface area (Å²) < 4.78 is 2.37. The van der Waals surface area contributed by atoms with Crippen molar-refractivity contribution in [2.45, 2.75) is 52.6 Å². The molecule has 1 aromatic heterocycles. The van der Waals surface area contributed by atoms with Crippen LogP contribution in [0.5, 0.6) is 0 Å². The highest BCUT2D eigenvalue weighted by molar-refractivity contribution is 9.13. The van der Waals surface area contributed by atoms with Crippen LogP contribution in [0.1, 0.15) is 44.9 Å². The van der Waals surface area contributed by atoms with E-state index in [4.69, 9.17) is 0 Å². The van der Waals surface area contributed by atoms with Gasteiger partial charge in [0.05, 0.1) is 3.79 Å². The minimum atomic E-state index is 0.443. The van der Waals surface area contributed by atoms with Crippen LogP contribution in [0.2, 0.25) is 0 Å². The highest BCUT2D eigenvalue weighted by atomic mass is 79.9. The maximum Gasteiger partial charge on any atom is 0.0843 e. The molecule has 1 heterocycles. The number of fused-ring (bicyclic) bond motifs is 2. The Bertz CT molecular complexity index is 472. The molecule has 2 aliphatic rings. The third-order valence-electron chi connectivity index (χ3n) is 5.45. The lowest BCUT2D eigenvalue weighted by Crippen LogP contribution is -2.49. The molecule has 0 amide bonds. The molecule has 1 aromatic rings. The van der Waals surface area contributed by atoms with Crippen molar-refractivity contribution in [2.24, 2.45) is 16.7 Å². The smallest absolute Gasteiger partial charge is 0.0843 e. The Balaban J connectivity index is 1.73. The van der Waals surface area contributed by atoms with Gasteiger partial charge in [-0.2, -0.15) is 0 Å². The lowest BCUT2D eigenvalue weighted by atomic mass is 9.68. The zero-order valence-electron chi connectivity index (χ0n) is 11.7. The SMILES string of the molecule is CC12CCC(C1)C(C)(C)C2NCc1cc(Br)c(Br)s1. The standard InChI is InChI=1S/C15H21Br2NS/c1-14(2)9-4-5-15(3,7-9)13(14)18-8-10-6-11(16)12(17)19-10/h6,9,13,18H,4-5,7-8H2,1-3H3. The minimum Gasteiger partial charge on any atom is -0.308 e. The molecule has 1 N–H and O–H groups in total. The summed E-state index contributed by atoms with van der Waals surface area (Å²) in [4.78, 5) is 1.40. The van der Waals surface area contributed by atoms with E-state index in [1.54, 1.807) is 0 Å². The molecule has 0 aliphatic heterocycles. The molecule has 2 fully saturated rings. The molecule has 2 aliphatic carbocycles. The van der Waals surface area contributed by atoms with Crippen molar-refractivity contribution >= 4 is 43.2 Å². The van der Waals surface area contributed by atoms with E-state index in [2.05, 4.69) is 64.0 Å². The maximum absolute atomic E-state index is 3.87. The molecule has 2 saturated carbocycles. The molecule has 3 atom stereocenters. The third-order valence-corrected chi connectivity index (χ3v) is 8.70. The molecular weight excluding hydrogens is 386 g/mol. The van der Waals surface area contributed by atoms with Gasteiger partial charge in [-0.3, -0.25) is 0 Å². The molecule has 19 heavy (non-hydrogen) atoms. The molecule has 0 spiro atoms. The van der Waals surface area contributed by atoms with E-state index in [0.717, 1.165) is 12.5 Å². The summed E-state index contributed by atoms with van der Waals surface area (Å²) in [6, 6.07) is 2.88. The molecule has 0 aromatic carbocycles. The second-order valence-electron chi connectivity index (χ2n) is 7.06. The Morgan fingerprint density at radius 2 is 2.11 bits per heavy atom. The van der Waals surface area contributed by atoms with Crippen molar-refractivity contribution in [3.8, 4) is 0 Å². The Hall–Kier alpha value is 0.620. The zero-order chi connectivity index (χ0) is 13.8. The van der Waals surface area contributed by atoms with Crippen LogP contribution < -0.4 is 5.32 Å². The summed E-state index contributed by atoms with van der Waals surface area (Å²) in [5, 5.41) is 3.87. The minimum absolute atomic E-state index is 0.443. The van der Waals surface area contributed by atoms with Gasteiger partial charge in [-0.25, -0.2) is 0 Å². The molecule has 3 rings (SSSR count). The second kappa shape index (κ2) is 4.82. The lowest BCUT2D eigenvalue weighted by molar-refractivity contribution is 0.108. The Labute approximate surface area is 136 Å². The van der Waals surface area contributed by atoms with Gasteiger partial charge in [0.2, 0.25) is 0 Å². The number of thiophene rings is 1. The highest BCUT2D eigenvalue weighted by Gasteiger charge is 2.58. The van der Waals surface area contributed by atoms with Crippen LogP contribution in [0.15, 0.2) is 14.3 Å². The van der Waals surface area contributed by atoms with Gasteiger partial charge >= 0.3 is 0 Å². The molecule has 2 bridgehead atoms. The predicted molar refractivity (Wildman–Crippen MR) is 89.6 cm³/mol. The predicted octanol–water partition coefficient (Wildman–Crippen LogP) is 5.58. The average molecular weight is 407 g/mol. The third kappa shape index (κ3) is 2.37. The van der Waals surface area contributed by atoms with Gasteiger partial charge in [0.1, 0.15) is 0 Å². The Morgan fingerprint density at radius 1 is 1.37 bits per heavy atom. The number of rotatable bonds is 3. The number of hydrogen-bond acceptors (Lipinski definition) is 2. The van der Waals surface area contributed by atoms with Gasteiger partial charge in [0, 0.05) is 21.9 Å². The first kappa shape index (κ1) is 14.6. The fraction of sp³-hybridized carbons (Fsp3) is 0.733. The normalized spacial score (nSPS) is 36.1. The van der Waals surface area contributed by atoms with Crippen LogP contribution in [-0.4, -0.2) is 6.04 Å². The molecule has 3 unspecified atom stereocenters. The quantitative estimate of drug-likeness (QED) is 0.690. The largest absolute Gasteiger partial charge is 0.308 e.